The van der Waals surface area contributed by atoms with Crippen molar-refractivity contribution >= 4 is 5.91 Å². The second kappa shape index (κ2) is 8.33. The highest BCUT2D eigenvalue weighted by atomic mass is 19.3. The van der Waals surface area contributed by atoms with E-state index in [0.717, 1.165) is 18.5 Å². The number of rotatable bonds is 5. The van der Waals surface area contributed by atoms with Gasteiger partial charge in [0, 0.05) is 44.4 Å². The molecule has 2 aliphatic heterocycles. The number of nitrogens with two attached hydrogens (primary N) is 1. The molecule has 4 N–H and O–H groups in total. The van der Waals surface area contributed by atoms with Crippen molar-refractivity contribution in [3.63, 3.8) is 0 Å². The fraction of sp³-hybridized carbons (Fsp3) is 0.682. The van der Waals surface area contributed by atoms with Gasteiger partial charge in [-0.1, -0.05) is 6.92 Å². The Labute approximate surface area is 182 Å². The molecule has 7 nitrogen and oxygen atoms in total. The Morgan fingerprint density at radius 1 is 1.26 bits per heavy atom. The van der Waals surface area contributed by atoms with Crippen molar-refractivity contribution in [2.75, 3.05) is 27.3 Å². The molecular weight excluding hydrogens is 404 g/mol. The van der Waals surface area contributed by atoms with Crippen LogP contribution in [0.3, 0.4) is 0 Å². The Morgan fingerprint density at radius 2 is 2.03 bits per heavy atom. The lowest BCUT2D eigenvalue weighted by Gasteiger charge is -2.46. The standard InChI is InChI=1S/C22H33F2N5O2/c1-13-17(5-4-8-22(13,23)24)29(3)18-10-26-19(20(25)30)21(27-18)28(2)16-7-6-14-11-31-12-15(14)9-16/h9-10,13,17,19,21,26-27H,4-8,11-12H2,1-3H3,(H2,25,30)/t13?,17-,19?,21?/m1/s1. The molecule has 2 heterocycles. The molecule has 0 spiro atoms. The predicted octanol–water partition coefficient (Wildman–Crippen LogP) is 1.85. The number of primary amides is 1. The molecule has 4 aliphatic rings. The smallest absolute Gasteiger partial charge is 0.252 e. The van der Waals surface area contributed by atoms with Crippen LogP contribution >= 0.6 is 0 Å². The average molecular weight is 438 g/mol. The first-order valence-corrected chi connectivity index (χ1v) is 11.0. The number of hydrogen-bond donors (Lipinski definition) is 3. The maximum atomic E-state index is 14.3. The number of alkyl halides is 2. The summed E-state index contributed by atoms with van der Waals surface area (Å²) in [6.07, 6.45) is 6.30. The lowest BCUT2D eigenvalue weighted by molar-refractivity contribution is -0.121. The van der Waals surface area contributed by atoms with Gasteiger partial charge in [0.2, 0.25) is 5.91 Å². The van der Waals surface area contributed by atoms with Crippen molar-refractivity contribution < 1.29 is 18.3 Å². The van der Waals surface area contributed by atoms with Crippen molar-refractivity contribution in [3.05, 3.63) is 34.9 Å². The van der Waals surface area contributed by atoms with Gasteiger partial charge in [-0.25, -0.2) is 8.78 Å². The molecule has 4 rings (SSSR count). The number of nitrogens with zero attached hydrogens (tertiary/aromatic N) is 2. The Hall–Kier alpha value is -2.29. The predicted molar refractivity (Wildman–Crippen MR) is 114 cm³/mol. The van der Waals surface area contributed by atoms with Gasteiger partial charge in [0.25, 0.3) is 5.92 Å². The molecule has 1 fully saturated rings. The van der Waals surface area contributed by atoms with E-state index < -0.39 is 30.0 Å². The Bertz CT molecular complexity index is 825. The summed E-state index contributed by atoms with van der Waals surface area (Å²) >= 11 is 0. The second-order valence-electron chi connectivity index (χ2n) is 9.15. The van der Waals surface area contributed by atoms with E-state index in [-0.39, 0.29) is 12.5 Å². The van der Waals surface area contributed by atoms with Crippen LogP contribution in [0.4, 0.5) is 8.78 Å². The van der Waals surface area contributed by atoms with Crippen LogP contribution in [0.15, 0.2) is 34.9 Å². The van der Waals surface area contributed by atoms with Gasteiger partial charge in [-0.05, 0) is 42.9 Å². The molecule has 0 bridgehead atoms. The van der Waals surface area contributed by atoms with E-state index in [1.54, 1.807) is 13.1 Å². The third kappa shape index (κ3) is 4.12. The third-order valence-corrected chi connectivity index (χ3v) is 7.33. The van der Waals surface area contributed by atoms with Crippen LogP contribution < -0.4 is 16.4 Å². The fourth-order valence-corrected chi connectivity index (χ4v) is 5.18. The molecule has 1 saturated carbocycles. The molecule has 0 aromatic carbocycles. The SMILES string of the molecule is CC1[C@H](N(C)C2=CNC(C(N)=O)C(N(C)C3=CC4=C(CC3)COC4)N2)CCCC1(F)F. The van der Waals surface area contributed by atoms with Gasteiger partial charge >= 0.3 is 0 Å². The number of amides is 1. The van der Waals surface area contributed by atoms with Crippen LogP contribution in [0.25, 0.3) is 0 Å². The van der Waals surface area contributed by atoms with Crippen molar-refractivity contribution in [3.8, 4) is 0 Å². The molecule has 4 atom stereocenters. The molecule has 0 radical (unpaired) electrons. The number of halogens is 2. The van der Waals surface area contributed by atoms with Crippen molar-refractivity contribution in [2.24, 2.45) is 11.7 Å². The van der Waals surface area contributed by atoms with Crippen LogP contribution in [0, 0.1) is 5.92 Å². The van der Waals surface area contributed by atoms with Crippen LogP contribution in [0.2, 0.25) is 0 Å². The lowest BCUT2D eigenvalue weighted by Crippen LogP contribution is -2.64. The summed E-state index contributed by atoms with van der Waals surface area (Å²) < 4.78 is 34.2. The maximum absolute atomic E-state index is 14.3. The summed E-state index contributed by atoms with van der Waals surface area (Å²) in [6, 6.07) is -0.943. The zero-order valence-electron chi connectivity index (χ0n) is 18.5. The largest absolute Gasteiger partial charge is 0.374 e. The first-order valence-electron chi connectivity index (χ1n) is 11.0. The summed E-state index contributed by atoms with van der Waals surface area (Å²) in [7, 11) is 3.76. The van der Waals surface area contributed by atoms with Gasteiger partial charge in [-0.2, -0.15) is 0 Å². The monoisotopic (exact) mass is 437 g/mol. The molecule has 1 amide bonds. The highest BCUT2D eigenvalue weighted by Crippen LogP contribution is 2.41. The van der Waals surface area contributed by atoms with Gasteiger partial charge in [-0.15, -0.1) is 0 Å². The van der Waals surface area contributed by atoms with E-state index in [9.17, 15) is 13.6 Å². The minimum atomic E-state index is -2.67. The van der Waals surface area contributed by atoms with Crippen molar-refractivity contribution in [2.45, 2.75) is 63.2 Å². The number of likely N-dealkylation sites (N-methyl/N-ethyl adjacent to an activating group) is 1. The third-order valence-electron chi connectivity index (χ3n) is 7.33. The maximum Gasteiger partial charge on any atom is 0.252 e. The quantitative estimate of drug-likeness (QED) is 0.609. The van der Waals surface area contributed by atoms with Gasteiger partial charge in [0.15, 0.2) is 0 Å². The van der Waals surface area contributed by atoms with Gasteiger partial charge < -0.3 is 30.9 Å². The summed E-state index contributed by atoms with van der Waals surface area (Å²) in [5.74, 6) is -3.22. The van der Waals surface area contributed by atoms with Crippen molar-refractivity contribution in [1.29, 1.82) is 0 Å². The number of ether oxygens (including phenoxy) is 1. The first-order chi connectivity index (χ1) is 14.7. The number of carbonyl (C=O) groups excluding carboxylic acids is 1. The van der Waals surface area contributed by atoms with Crippen LogP contribution in [0.5, 0.6) is 0 Å². The van der Waals surface area contributed by atoms with Crippen LogP contribution in [-0.2, 0) is 9.53 Å². The van der Waals surface area contributed by atoms with E-state index in [4.69, 9.17) is 10.5 Å². The molecule has 0 aromatic heterocycles. The Kier molecular flexibility index (Phi) is 5.89. The summed E-state index contributed by atoms with van der Waals surface area (Å²) in [5.41, 5.74) is 9.31. The highest BCUT2D eigenvalue weighted by Gasteiger charge is 2.46. The second-order valence-corrected chi connectivity index (χ2v) is 9.15. The van der Waals surface area contributed by atoms with E-state index in [1.807, 2.05) is 23.9 Å². The van der Waals surface area contributed by atoms with Crippen molar-refractivity contribution in [1.82, 2.24) is 20.4 Å². The highest BCUT2D eigenvalue weighted by molar-refractivity contribution is 5.81. The van der Waals surface area contributed by atoms with Gasteiger partial charge in [0.1, 0.15) is 18.0 Å². The van der Waals surface area contributed by atoms with E-state index in [1.165, 1.54) is 11.1 Å². The average Bonchev–Trinajstić information content (AvgIpc) is 3.22. The zero-order valence-corrected chi connectivity index (χ0v) is 18.5. The van der Waals surface area contributed by atoms with Crippen LogP contribution in [0.1, 0.15) is 39.0 Å². The molecule has 172 valence electrons. The first kappa shape index (κ1) is 21.9. The van der Waals surface area contributed by atoms with Gasteiger partial charge in [0.05, 0.1) is 13.2 Å². The zero-order chi connectivity index (χ0) is 22.3. The number of hydrogen-bond acceptors (Lipinski definition) is 6. The minimum absolute atomic E-state index is 0.0615. The van der Waals surface area contributed by atoms with E-state index >= 15 is 0 Å². The normalized spacial score (nSPS) is 32.3. The molecule has 2 aliphatic carbocycles. The lowest BCUT2D eigenvalue weighted by atomic mass is 9.82. The van der Waals surface area contributed by atoms with Crippen LogP contribution in [-0.4, -0.2) is 67.2 Å². The topological polar surface area (TPSA) is 82.9 Å². The molecule has 0 saturated heterocycles. The Morgan fingerprint density at radius 3 is 2.77 bits per heavy atom. The van der Waals surface area contributed by atoms with Gasteiger partial charge in [-0.3, -0.25) is 4.79 Å². The minimum Gasteiger partial charge on any atom is -0.374 e. The molecule has 0 aromatic rings. The molecule has 3 unspecified atom stereocenters. The number of carbonyl (C=O) groups is 1. The summed E-state index contributed by atoms with van der Waals surface area (Å²) in [4.78, 5) is 16.1. The molecule has 9 heteroatoms. The van der Waals surface area contributed by atoms with E-state index in [2.05, 4.69) is 16.7 Å². The number of allylic oxidation sites excluding steroid dienone is 1. The fourth-order valence-electron chi connectivity index (χ4n) is 5.18. The Balaban J connectivity index is 1.54. The molecule has 31 heavy (non-hydrogen) atoms. The number of nitrogens with one attached hydrogen (secondary N) is 2. The van der Waals surface area contributed by atoms with E-state index in [0.29, 0.717) is 31.9 Å². The molecular formula is C22H33F2N5O2. The summed E-state index contributed by atoms with van der Waals surface area (Å²) in [5, 5.41) is 6.51. The summed E-state index contributed by atoms with van der Waals surface area (Å²) in [6.45, 7) is 2.93.